The molecule has 0 amide bonds. The van der Waals surface area contributed by atoms with Gasteiger partial charge in [-0.05, 0) is 24.6 Å². The molecule has 1 aromatic heterocycles. The van der Waals surface area contributed by atoms with Crippen molar-refractivity contribution in [3.05, 3.63) is 66.0 Å². The summed E-state index contributed by atoms with van der Waals surface area (Å²) in [7, 11) is 0. The van der Waals surface area contributed by atoms with Crippen molar-refractivity contribution in [2.75, 3.05) is 0 Å². The molecular weight excluding hydrogens is 224 g/mol. The third-order valence-electron chi connectivity index (χ3n) is 2.95. The standard InChI is InChI=1S/C15H18N2O/c1-12(15(18)13-7-3-2-4-8-13)17-11-14-9-5-6-10-16-14/h2-10,12,15,17-18H,11H2,1H3/t12-,15-/m1/s1. The number of aromatic nitrogens is 1. The SMILES string of the molecule is C[C@@H](NCc1ccccn1)[C@@H](O)c1ccccc1. The van der Waals surface area contributed by atoms with Crippen molar-refractivity contribution in [1.29, 1.82) is 0 Å². The molecule has 2 aromatic rings. The Morgan fingerprint density at radius 3 is 2.50 bits per heavy atom. The lowest BCUT2D eigenvalue weighted by Crippen LogP contribution is -2.31. The lowest BCUT2D eigenvalue weighted by atomic mass is 10.0. The van der Waals surface area contributed by atoms with Gasteiger partial charge in [0.2, 0.25) is 0 Å². The molecule has 0 bridgehead atoms. The van der Waals surface area contributed by atoms with E-state index in [9.17, 15) is 5.11 Å². The van der Waals surface area contributed by atoms with E-state index in [4.69, 9.17) is 0 Å². The summed E-state index contributed by atoms with van der Waals surface area (Å²) in [6.45, 7) is 2.63. The second-order valence-electron chi connectivity index (χ2n) is 4.35. The van der Waals surface area contributed by atoms with Crippen LogP contribution in [0.25, 0.3) is 0 Å². The van der Waals surface area contributed by atoms with Gasteiger partial charge in [-0.25, -0.2) is 0 Å². The van der Waals surface area contributed by atoms with Crippen molar-refractivity contribution in [1.82, 2.24) is 10.3 Å². The second-order valence-corrected chi connectivity index (χ2v) is 4.35. The Morgan fingerprint density at radius 1 is 1.11 bits per heavy atom. The highest BCUT2D eigenvalue weighted by Crippen LogP contribution is 2.16. The lowest BCUT2D eigenvalue weighted by Gasteiger charge is -2.20. The second kappa shape index (κ2) is 6.28. The summed E-state index contributed by atoms with van der Waals surface area (Å²) in [6.07, 6.45) is 1.27. The van der Waals surface area contributed by atoms with Crippen LogP contribution in [0.5, 0.6) is 0 Å². The Morgan fingerprint density at radius 2 is 1.83 bits per heavy atom. The van der Waals surface area contributed by atoms with Gasteiger partial charge in [-0.3, -0.25) is 4.98 Å². The van der Waals surface area contributed by atoms with E-state index in [2.05, 4.69) is 10.3 Å². The fourth-order valence-corrected chi connectivity index (χ4v) is 1.82. The molecule has 1 aromatic carbocycles. The maximum atomic E-state index is 10.2. The van der Waals surface area contributed by atoms with Crippen LogP contribution in [0.4, 0.5) is 0 Å². The molecule has 2 rings (SSSR count). The molecule has 0 aliphatic carbocycles. The highest BCUT2D eigenvalue weighted by Gasteiger charge is 2.15. The van der Waals surface area contributed by atoms with E-state index in [1.54, 1.807) is 6.20 Å². The normalized spacial score (nSPS) is 14.1. The van der Waals surface area contributed by atoms with Crippen LogP contribution in [0.2, 0.25) is 0 Å². The maximum absolute atomic E-state index is 10.2. The Balaban J connectivity index is 1.90. The summed E-state index contributed by atoms with van der Waals surface area (Å²) in [5.74, 6) is 0. The molecule has 0 aliphatic heterocycles. The van der Waals surface area contributed by atoms with Crippen LogP contribution in [0.3, 0.4) is 0 Å². The summed E-state index contributed by atoms with van der Waals surface area (Å²) in [5.41, 5.74) is 1.91. The van der Waals surface area contributed by atoms with Crippen molar-refractivity contribution in [2.24, 2.45) is 0 Å². The number of benzene rings is 1. The Bertz CT molecular complexity index is 458. The Kier molecular flexibility index (Phi) is 4.45. The van der Waals surface area contributed by atoms with E-state index in [1.807, 2.05) is 55.5 Å². The first-order valence-corrected chi connectivity index (χ1v) is 6.13. The van der Waals surface area contributed by atoms with Crippen molar-refractivity contribution in [2.45, 2.75) is 25.6 Å². The molecule has 3 heteroatoms. The van der Waals surface area contributed by atoms with Crippen LogP contribution >= 0.6 is 0 Å². The molecule has 0 aliphatic rings. The maximum Gasteiger partial charge on any atom is 0.0940 e. The summed E-state index contributed by atoms with van der Waals surface area (Å²) >= 11 is 0. The molecule has 18 heavy (non-hydrogen) atoms. The Hall–Kier alpha value is -1.71. The van der Waals surface area contributed by atoms with Gasteiger partial charge in [0.05, 0.1) is 11.8 Å². The molecule has 0 fully saturated rings. The number of nitrogens with one attached hydrogen (secondary N) is 1. The van der Waals surface area contributed by atoms with E-state index in [0.29, 0.717) is 6.54 Å². The molecule has 2 atom stereocenters. The molecule has 0 radical (unpaired) electrons. The first kappa shape index (κ1) is 12.7. The van der Waals surface area contributed by atoms with Gasteiger partial charge in [0.15, 0.2) is 0 Å². The molecule has 0 saturated heterocycles. The van der Waals surface area contributed by atoms with E-state index in [1.165, 1.54) is 0 Å². The third-order valence-corrected chi connectivity index (χ3v) is 2.95. The van der Waals surface area contributed by atoms with Gasteiger partial charge in [0, 0.05) is 18.8 Å². The van der Waals surface area contributed by atoms with Crippen LogP contribution in [0, 0.1) is 0 Å². The lowest BCUT2D eigenvalue weighted by molar-refractivity contribution is 0.135. The molecule has 94 valence electrons. The largest absolute Gasteiger partial charge is 0.387 e. The molecule has 0 unspecified atom stereocenters. The van der Waals surface area contributed by atoms with Crippen LogP contribution in [-0.2, 0) is 6.54 Å². The number of hydrogen-bond acceptors (Lipinski definition) is 3. The number of pyridine rings is 1. The highest BCUT2D eigenvalue weighted by molar-refractivity contribution is 5.18. The monoisotopic (exact) mass is 242 g/mol. The minimum atomic E-state index is -0.505. The number of aliphatic hydroxyl groups excluding tert-OH is 1. The van der Waals surface area contributed by atoms with E-state index >= 15 is 0 Å². The number of aliphatic hydroxyl groups is 1. The number of hydrogen-bond donors (Lipinski definition) is 2. The highest BCUT2D eigenvalue weighted by atomic mass is 16.3. The number of nitrogens with zero attached hydrogens (tertiary/aromatic N) is 1. The quantitative estimate of drug-likeness (QED) is 0.845. The van der Waals surface area contributed by atoms with Gasteiger partial charge in [0.25, 0.3) is 0 Å². The van der Waals surface area contributed by atoms with Gasteiger partial charge >= 0.3 is 0 Å². The smallest absolute Gasteiger partial charge is 0.0940 e. The average molecular weight is 242 g/mol. The molecule has 0 saturated carbocycles. The van der Waals surface area contributed by atoms with Crippen LogP contribution in [0.1, 0.15) is 24.3 Å². The topological polar surface area (TPSA) is 45.2 Å². The summed E-state index contributed by atoms with van der Waals surface area (Å²) < 4.78 is 0. The predicted molar refractivity (Wildman–Crippen MR) is 71.9 cm³/mol. The molecule has 1 heterocycles. The Labute approximate surface area is 108 Å². The van der Waals surface area contributed by atoms with Crippen molar-refractivity contribution < 1.29 is 5.11 Å². The average Bonchev–Trinajstić information content (AvgIpc) is 2.46. The minimum absolute atomic E-state index is 0.0191. The van der Waals surface area contributed by atoms with Crippen molar-refractivity contribution in [3.63, 3.8) is 0 Å². The number of rotatable bonds is 5. The van der Waals surface area contributed by atoms with Gasteiger partial charge in [-0.15, -0.1) is 0 Å². The van der Waals surface area contributed by atoms with Gasteiger partial charge < -0.3 is 10.4 Å². The third kappa shape index (κ3) is 3.39. The summed E-state index contributed by atoms with van der Waals surface area (Å²) in [6, 6.07) is 15.5. The molecule has 2 N–H and O–H groups in total. The van der Waals surface area contributed by atoms with Gasteiger partial charge in [-0.1, -0.05) is 36.4 Å². The van der Waals surface area contributed by atoms with Crippen LogP contribution in [-0.4, -0.2) is 16.1 Å². The zero-order valence-electron chi connectivity index (χ0n) is 10.5. The van der Waals surface area contributed by atoms with Crippen molar-refractivity contribution >= 4 is 0 Å². The minimum Gasteiger partial charge on any atom is -0.387 e. The van der Waals surface area contributed by atoms with Gasteiger partial charge in [-0.2, -0.15) is 0 Å². The zero-order valence-corrected chi connectivity index (χ0v) is 10.5. The first-order valence-electron chi connectivity index (χ1n) is 6.13. The van der Waals surface area contributed by atoms with Crippen LogP contribution in [0.15, 0.2) is 54.7 Å². The molecular formula is C15H18N2O. The van der Waals surface area contributed by atoms with E-state index in [0.717, 1.165) is 11.3 Å². The fraction of sp³-hybridized carbons (Fsp3) is 0.267. The van der Waals surface area contributed by atoms with E-state index in [-0.39, 0.29) is 6.04 Å². The fourth-order valence-electron chi connectivity index (χ4n) is 1.82. The van der Waals surface area contributed by atoms with E-state index < -0.39 is 6.10 Å². The zero-order chi connectivity index (χ0) is 12.8. The first-order chi connectivity index (χ1) is 8.77. The summed E-state index contributed by atoms with van der Waals surface area (Å²) in [5, 5.41) is 13.5. The predicted octanol–water partition coefficient (Wildman–Crippen LogP) is 2.29. The van der Waals surface area contributed by atoms with Gasteiger partial charge in [0.1, 0.15) is 0 Å². The molecule has 3 nitrogen and oxygen atoms in total. The van der Waals surface area contributed by atoms with Crippen LogP contribution < -0.4 is 5.32 Å². The van der Waals surface area contributed by atoms with Crippen molar-refractivity contribution in [3.8, 4) is 0 Å². The summed E-state index contributed by atoms with van der Waals surface area (Å²) in [4.78, 5) is 4.24. The molecule has 0 spiro atoms.